The van der Waals surface area contributed by atoms with E-state index in [-0.39, 0.29) is 56.2 Å². The van der Waals surface area contributed by atoms with E-state index in [0.717, 1.165) is 12.0 Å². The van der Waals surface area contributed by atoms with Gasteiger partial charge in [0.25, 0.3) is 0 Å². The van der Waals surface area contributed by atoms with Crippen LogP contribution in [0.2, 0.25) is 0 Å². The van der Waals surface area contributed by atoms with Gasteiger partial charge < -0.3 is 44.0 Å². The van der Waals surface area contributed by atoms with Crippen LogP contribution >= 0.6 is 0 Å². The van der Waals surface area contributed by atoms with Crippen molar-refractivity contribution in [1.29, 1.82) is 0 Å². The summed E-state index contributed by atoms with van der Waals surface area (Å²) in [5, 5.41) is 23.4. The topological polar surface area (TPSA) is 162 Å². The highest BCUT2D eigenvalue weighted by atomic mass is 32.2. The Labute approximate surface area is 269 Å². The first kappa shape index (κ1) is 34.2. The molecule has 5 atom stereocenters. The molecule has 0 aromatic heterocycles. The first-order valence-electron chi connectivity index (χ1n) is 15.7. The van der Waals surface area contributed by atoms with Gasteiger partial charge in [0.05, 0.1) is 42.8 Å². The molecule has 254 valence electrons. The van der Waals surface area contributed by atoms with Crippen LogP contribution in [-0.2, 0) is 30.7 Å². The van der Waals surface area contributed by atoms with Crippen LogP contribution in [0.1, 0.15) is 38.7 Å². The van der Waals surface area contributed by atoms with Gasteiger partial charge in [0.2, 0.25) is 16.8 Å². The van der Waals surface area contributed by atoms with Crippen molar-refractivity contribution in [2.45, 2.75) is 69.0 Å². The Hall–Kier alpha value is -3.14. The zero-order chi connectivity index (χ0) is 32.7. The van der Waals surface area contributed by atoms with Gasteiger partial charge in [0.1, 0.15) is 11.9 Å². The smallest absolute Gasteiger partial charge is 0.407 e. The van der Waals surface area contributed by atoms with Crippen LogP contribution in [0.25, 0.3) is 0 Å². The van der Waals surface area contributed by atoms with Crippen molar-refractivity contribution in [2.75, 3.05) is 46.3 Å². The van der Waals surface area contributed by atoms with Crippen LogP contribution in [0.3, 0.4) is 0 Å². The lowest BCUT2D eigenvalue weighted by molar-refractivity contribution is -0.0907. The summed E-state index contributed by atoms with van der Waals surface area (Å²) in [5.74, 6) is 1.33. The molecule has 3 N–H and O–H groups in total. The minimum absolute atomic E-state index is 0.00886. The van der Waals surface area contributed by atoms with E-state index in [4.69, 9.17) is 33.5 Å². The molecular weight excluding hydrogens is 620 g/mol. The fourth-order valence-electron chi connectivity index (χ4n) is 5.73. The molecule has 13 nitrogen and oxygen atoms in total. The summed E-state index contributed by atoms with van der Waals surface area (Å²) in [7, 11) is -4.06. The predicted molar refractivity (Wildman–Crippen MR) is 165 cm³/mol. The maximum absolute atomic E-state index is 13.9. The van der Waals surface area contributed by atoms with Crippen molar-refractivity contribution >= 4 is 16.1 Å². The van der Waals surface area contributed by atoms with Gasteiger partial charge in [-0.15, -0.1) is 0 Å². The first-order chi connectivity index (χ1) is 22.1. The number of ether oxygens (including phenoxy) is 6. The third-order valence-electron chi connectivity index (χ3n) is 8.15. The molecule has 2 aromatic carbocycles. The summed E-state index contributed by atoms with van der Waals surface area (Å²) in [6, 6.07) is 10.8. The predicted octanol–water partition coefficient (Wildman–Crippen LogP) is 2.67. The Kier molecular flexibility index (Phi) is 11.6. The molecule has 2 fully saturated rings. The monoisotopic (exact) mass is 664 g/mol. The molecule has 1 amide bonds. The molecule has 0 spiro atoms. The zero-order valence-electron chi connectivity index (χ0n) is 26.2. The van der Waals surface area contributed by atoms with Crippen molar-refractivity contribution in [2.24, 2.45) is 11.8 Å². The number of aliphatic hydroxyl groups is 2. The third kappa shape index (κ3) is 8.60. The van der Waals surface area contributed by atoms with Gasteiger partial charge in [-0.1, -0.05) is 26.0 Å². The Morgan fingerprint density at radius 1 is 1.07 bits per heavy atom. The van der Waals surface area contributed by atoms with E-state index >= 15 is 0 Å². The lowest BCUT2D eigenvalue weighted by atomic mass is 10.0. The SMILES string of the molecule is CC(C)CN(C[C@@H](O)[C@H](Cc1ccc(OCCCCO)cc1)NC(=O)O[C@H]1CO[C@H]2OCC[C@H]21)S(=O)(=O)c1ccc2c(c1)OCO2. The molecule has 0 unspecified atom stereocenters. The van der Waals surface area contributed by atoms with Crippen molar-refractivity contribution in [1.82, 2.24) is 9.62 Å². The van der Waals surface area contributed by atoms with Crippen molar-refractivity contribution < 1.29 is 51.8 Å². The summed E-state index contributed by atoms with van der Waals surface area (Å²) in [5.41, 5.74) is 0.787. The first-order valence-corrected chi connectivity index (χ1v) is 17.2. The van der Waals surface area contributed by atoms with E-state index in [1.165, 1.54) is 16.4 Å². The third-order valence-corrected chi connectivity index (χ3v) is 9.98. The number of nitrogens with zero attached hydrogens (tertiary/aromatic N) is 1. The molecule has 0 saturated carbocycles. The Bertz CT molecular complexity index is 1410. The van der Waals surface area contributed by atoms with Crippen LogP contribution in [0.15, 0.2) is 47.4 Å². The fourth-order valence-corrected chi connectivity index (χ4v) is 7.37. The van der Waals surface area contributed by atoms with Crippen LogP contribution < -0.4 is 19.5 Å². The lowest BCUT2D eigenvalue weighted by Gasteiger charge is -2.31. The summed E-state index contributed by atoms with van der Waals surface area (Å²) in [6.07, 6.45) is -0.637. The lowest BCUT2D eigenvalue weighted by Crippen LogP contribution is -2.51. The Balaban J connectivity index is 1.32. The highest BCUT2D eigenvalue weighted by Gasteiger charge is 2.44. The molecule has 14 heteroatoms. The van der Waals surface area contributed by atoms with E-state index < -0.39 is 40.7 Å². The number of amides is 1. The van der Waals surface area contributed by atoms with Gasteiger partial charge in [-0.3, -0.25) is 0 Å². The van der Waals surface area contributed by atoms with Gasteiger partial charge in [0.15, 0.2) is 17.8 Å². The van der Waals surface area contributed by atoms with E-state index in [2.05, 4.69) is 5.32 Å². The summed E-state index contributed by atoms with van der Waals surface area (Å²) >= 11 is 0. The molecule has 3 heterocycles. The van der Waals surface area contributed by atoms with E-state index in [9.17, 15) is 18.3 Å². The number of nitrogens with one attached hydrogen (secondary N) is 1. The molecular formula is C32H44N2O11S. The minimum atomic E-state index is -4.06. The largest absolute Gasteiger partial charge is 0.494 e. The number of alkyl carbamates (subject to hydrolysis) is 1. The van der Waals surface area contributed by atoms with Crippen LogP contribution in [0, 0.1) is 11.8 Å². The van der Waals surface area contributed by atoms with Gasteiger partial charge >= 0.3 is 6.09 Å². The second kappa shape index (κ2) is 15.6. The molecule has 46 heavy (non-hydrogen) atoms. The molecule has 3 aliphatic rings. The standard InChI is InChI=1S/C32H44N2O11S/c1-21(2)17-34(46(38,39)24-9-10-28-29(16-24)44-20-43-28)18-27(36)26(15-22-5-7-23(8-6-22)40-13-4-3-12-35)33-32(37)45-30-19-42-31-25(30)11-14-41-31/h5-10,16,21,25-27,30-31,35-36H,3-4,11-15,17-20H2,1-2H3,(H,33,37)/t25-,26-,27+,30-,31+/m0/s1. The second-order valence-electron chi connectivity index (χ2n) is 12.1. The maximum Gasteiger partial charge on any atom is 0.407 e. The molecule has 0 bridgehead atoms. The zero-order valence-corrected chi connectivity index (χ0v) is 27.0. The number of sulfonamides is 1. The number of fused-ring (bicyclic) bond motifs is 2. The summed E-state index contributed by atoms with van der Waals surface area (Å²) in [4.78, 5) is 13.2. The molecule has 5 rings (SSSR count). The number of hydrogen-bond donors (Lipinski definition) is 3. The number of carbonyl (C=O) groups excluding carboxylic acids is 1. The highest BCUT2D eigenvalue weighted by Crippen LogP contribution is 2.35. The molecule has 0 aliphatic carbocycles. The number of carbonyl (C=O) groups is 1. The van der Waals surface area contributed by atoms with Crippen LogP contribution in [0.5, 0.6) is 17.2 Å². The molecule has 3 aliphatic heterocycles. The molecule has 2 saturated heterocycles. The van der Waals surface area contributed by atoms with Crippen molar-refractivity contribution in [3.8, 4) is 17.2 Å². The van der Waals surface area contributed by atoms with E-state index in [1.807, 2.05) is 26.0 Å². The Morgan fingerprint density at radius 2 is 1.85 bits per heavy atom. The Morgan fingerprint density at radius 3 is 2.61 bits per heavy atom. The van der Waals surface area contributed by atoms with Crippen molar-refractivity contribution in [3.05, 3.63) is 48.0 Å². The summed E-state index contributed by atoms with van der Waals surface area (Å²) < 4.78 is 62.2. The van der Waals surface area contributed by atoms with Crippen molar-refractivity contribution in [3.63, 3.8) is 0 Å². The van der Waals surface area contributed by atoms with E-state index in [1.54, 1.807) is 18.2 Å². The van der Waals surface area contributed by atoms with E-state index in [0.29, 0.717) is 43.3 Å². The quantitative estimate of drug-likeness (QED) is 0.226. The van der Waals surface area contributed by atoms with Gasteiger partial charge in [0, 0.05) is 25.8 Å². The van der Waals surface area contributed by atoms with Gasteiger partial charge in [-0.25, -0.2) is 13.2 Å². The number of hydrogen-bond acceptors (Lipinski definition) is 11. The second-order valence-corrected chi connectivity index (χ2v) is 14.1. The average Bonchev–Trinajstić information content (AvgIpc) is 3.78. The minimum Gasteiger partial charge on any atom is -0.494 e. The maximum atomic E-state index is 13.9. The highest BCUT2D eigenvalue weighted by molar-refractivity contribution is 7.89. The normalized spacial score (nSPS) is 21.7. The number of aliphatic hydroxyl groups excluding tert-OH is 2. The van der Waals surface area contributed by atoms with Crippen LogP contribution in [-0.4, -0.2) is 99.9 Å². The average molecular weight is 665 g/mol. The number of benzene rings is 2. The van der Waals surface area contributed by atoms with Crippen LogP contribution in [0.4, 0.5) is 4.79 Å². The molecule has 2 aromatic rings. The molecule has 0 radical (unpaired) electrons. The number of unbranched alkanes of at least 4 members (excludes halogenated alkanes) is 1. The summed E-state index contributed by atoms with van der Waals surface area (Å²) in [6.45, 7) is 4.96. The fraction of sp³-hybridized carbons (Fsp3) is 0.594. The van der Waals surface area contributed by atoms with Gasteiger partial charge in [-0.05, 0) is 61.4 Å². The van der Waals surface area contributed by atoms with Gasteiger partial charge in [-0.2, -0.15) is 4.31 Å². The number of rotatable bonds is 16.